The molecule has 0 unspecified atom stereocenters. The predicted molar refractivity (Wildman–Crippen MR) is 127 cm³/mol. The molecule has 31 heavy (non-hydrogen) atoms. The number of anilines is 1. The summed E-state index contributed by atoms with van der Waals surface area (Å²) in [6, 6.07) is 9.01. The highest BCUT2D eigenvalue weighted by molar-refractivity contribution is 14.1. The molecule has 1 fully saturated rings. The van der Waals surface area contributed by atoms with E-state index in [9.17, 15) is 14.0 Å². The Morgan fingerprint density at radius 2 is 2.03 bits per heavy atom. The Balaban J connectivity index is 2.04. The molecule has 0 bridgehead atoms. The van der Waals surface area contributed by atoms with Crippen LogP contribution in [0.4, 0.5) is 10.1 Å². The summed E-state index contributed by atoms with van der Waals surface area (Å²) in [5.74, 6) is 1.23. The zero-order valence-corrected chi connectivity index (χ0v) is 19.3. The number of halogens is 2. The van der Waals surface area contributed by atoms with E-state index in [-0.39, 0.29) is 23.0 Å². The zero-order valence-electron chi connectivity index (χ0n) is 16.3. The molecular formula is C22H16FIN2O4S. The number of carbonyl (C=O) groups is 2. The van der Waals surface area contributed by atoms with E-state index in [0.717, 1.165) is 4.90 Å². The third-order valence-electron chi connectivity index (χ3n) is 4.14. The zero-order chi connectivity index (χ0) is 22.5. The van der Waals surface area contributed by atoms with E-state index >= 15 is 0 Å². The molecule has 1 aliphatic rings. The number of rotatable bonds is 6. The van der Waals surface area contributed by atoms with Gasteiger partial charge < -0.3 is 9.47 Å². The third-order valence-corrected chi connectivity index (χ3v) is 5.22. The average Bonchev–Trinajstić information content (AvgIpc) is 2.72. The molecule has 1 N–H and O–H groups in total. The van der Waals surface area contributed by atoms with Crippen molar-refractivity contribution in [2.45, 2.75) is 6.92 Å². The molecule has 1 saturated heterocycles. The maximum Gasteiger partial charge on any atom is 0.270 e. The van der Waals surface area contributed by atoms with E-state index in [0.29, 0.717) is 27.2 Å². The van der Waals surface area contributed by atoms with Gasteiger partial charge >= 0.3 is 0 Å². The van der Waals surface area contributed by atoms with Gasteiger partial charge in [0, 0.05) is 0 Å². The topological polar surface area (TPSA) is 67.9 Å². The largest absolute Gasteiger partial charge is 0.490 e. The third kappa shape index (κ3) is 4.86. The van der Waals surface area contributed by atoms with Crippen LogP contribution >= 0.6 is 34.8 Å². The van der Waals surface area contributed by atoms with Crippen LogP contribution in [-0.2, 0) is 9.59 Å². The molecule has 0 aromatic heterocycles. The summed E-state index contributed by atoms with van der Waals surface area (Å²) in [5.41, 5.74) is 0.263. The number of thiocarbonyl (C=S) groups is 1. The Morgan fingerprint density at radius 1 is 1.29 bits per heavy atom. The van der Waals surface area contributed by atoms with Crippen LogP contribution in [-0.4, -0.2) is 30.1 Å². The van der Waals surface area contributed by atoms with Crippen LogP contribution in [0.3, 0.4) is 0 Å². The number of nitrogens with one attached hydrogen (secondary N) is 1. The van der Waals surface area contributed by atoms with Gasteiger partial charge in [-0.1, -0.05) is 18.1 Å². The fraction of sp³-hybridized carbons (Fsp3) is 0.136. The fourth-order valence-electron chi connectivity index (χ4n) is 2.86. The summed E-state index contributed by atoms with van der Waals surface area (Å²) < 4.78 is 26.1. The van der Waals surface area contributed by atoms with E-state index in [1.54, 1.807) is 18.2 Å². The van der Waals surface area contributed by atoms with Gasteiger partial charge in [0.2, 0.25) is 0 Å². The van der Waals surface area contributed by atoms with Crippen molar-refractivity contribution in [1.29, 1.82) is 0 Å². The highest BCUT2D eigenvalue weighted by Crippen LogP contribution is 2.35. The summed E-state index contributed by atoms with van der Waals surface area (Å²) in [4.78, 5) is 26.5. The molecule has 2 amide bonds. The molecule has 1 aliphatic heterocycles. The molecule has 2 aromatic rings. The Hall–Kier alpha value is -2.97. The van der Waals surface area contributed by atoms with E-state index in [4.69, 9.17) is 28.1 Å². The van der Waals surface area contributed by atoms with Crippen LogP contribution < -0.4 is 19.7 Å². The molecule has 0 radical (unpaired) electrons. The molecule has 3 rings (SSSR count). The molecule has 2 aromatic carbocycles. The van der Waals surface area contributed by atoms with Crippen molar-refractivity contribution < 1.29 is 23.5 Å². The van der Waals surface area contributed by atoms with Gasteiger partial charge in [-0.15, -0.1) is 6.42 Å². The average molecular weight is 550 g/mol. The van der Waals surface area contributed by atoms with E-state index in [1.165, 1.54) is 24.3 Å². The second-order valence-electron chi connectivity index (χ2n) is 6.17. The number of amides is 2. The minimum Gasteiger partial charge on any atom is -0.490 e. The van der Waals surface area contributed by atoms with Crippen molar-refractivity contribution in [1.82, 2.24) is 5.32 Å². The number of hydrogen-bond acceptors (Lipinski definition) is 5. The first-order valence-corrected chi connectivity index (χ1v) is 10.5. The molecule has 6 nitrogen and oxygen atoms in total. The normalized spacial score (nSPS) is 15.0. The quantitative estimate of drug-likeness (QED) is 0.196. The van der Waals surface area contributed by atoms with Crippen molar-refractivity contribution in [3.05, 3.63) is 56.9 Å². The van der Waals surface area contributed by atoms with Gasteiger partial charge in [-0.05, 0) is 77.6 Å². The van der Waals surface area contributed by atoms with Gasteiger partial charge in [-0.3, -0.25) is 14.9 Å². The SMILES string of the molecule is C#CCOc1c(I)cc(/C=C2\C(=O)NC(=S)N(c3ccccc3F)C2=O)cc1OCC. The van der Waals surface area contributed by atoms with Crippen LogP contribution in [0, 0.1) is 21.7 Å². The first kappa shape index (κ1) is 22.7. The molecule has 0 saturated carbocycles. The van der Waals surface area contributed by atoms with Crippen LogP contribution in [0.2, 0.25) is 0 Å². The smallest absolute Gasteiger partial charge is 0.270 e. The van der Waals surface area contributed by atoms with Gasteiger partial charge in [0.05, 0.1) is 15.9 Å². The van der Waals surface area contributed by atoms with Crippen LogP contribution in [0.25, 0.3) is 6.08 Å². The lowest BCUT2D eigenvalue weighted by Crippen LogP contribution is -2.54. The lowest BCUT2D eigenvalue weighted by atomic mass is 10.1. The molecule has 158 valence electrons. The second-order valence-corrected chi connectivity index (χ2v) is 7.71. The first-order valence-electron chi connectivity index (χ1n) is 9.06. The molecular weight excluding hydrogens is 534 g/mol. The maximum absolute atomic E-state index is 14.3. The van der Waals surface area contributed by atoms with Crippen LogP contribution in [0.5, 0.6) is 11.5 Å². The van der Waals surface area contributed by atoms with Gasteiger partial charge in [0.15, 0.2) is 16.6 Å². The molecule has 0 atom stereocenters. The van der Waals surface area contributed by atoms with Crippen molar-refractivity contribution in [2.24, 2.45) is 0 Å². The number of para-hydroxylation sites is 1. The predicted octanol–water partition coefficient (Wildman–Crippen LogP) is 3.67. The van der Waals surface area contributed by atoms with E-state index < -0.39 is 17.6 Å². The van der Waals surface area contributed by atoms with Crippen LogP contribution in [0.15, 0.2) is 42.0 Å². The second kappa shape index (κ2) is 9.89. The van der Waals surface area contributed by atoms with Gasteiger partial charge in [0.25, 0.3) is 11.8 Å². The van der Waals surface area contributed by atoms with E-state index in [1.807, 2.05) is 29.5 Å². The Bertz CT molecular complexity index is 1140. The Labute approximate surface area is 197 Å². The highest BCUT2D eigenvalue weighted by atomic mass is 127. The minimum absolute atomic E-state index is 0.0500. The van der Waals surface area contributed by atoms with Crippen molar-refractivity contribution in [3.8, 4) is 23.8 Å². The highest BCUT2D eigenvalue weighted by Gasteiger charge is 2.35. The lowest BCUT2D eigenvalue weighted by Gasteiger charge is -2.29. The monoisotopic (exact) mass is 550 g/mol. The number of ether oxygens (including phenoxy) is 2. The number of benzene rings is 2. The van der Waals surface area contributed by atoms with Gasteiger partial charge in [-0.2, -0.15) is 0 Å². The van der Waals surface area contributed by atoms with Gasteiger partial charge in [0.1, 0.15) is 18.0 Å². The Morgan fingerprint density at radius 3 is 2.71 bits per heavy atom. The number of carbonyl (C=O) groups excluding carboxylic acids is 2. The number of nitrogens with zero attached hydrogens (tertiary/aromatic N) is 1. The molecule has 0 aliphatic carbocycles. The number of terminal acetylenes is 1. The first-order chi connectivity index (χ1) is 14.9. The summed E-state index contributed by atoms with van der Waals surface area (Å²) in [6.07, 6.45) is 6.66. The van der Waals surface area contributed by atoms with Crippen molar-refractivity contribution >= 4 is 63.5 Å². The summed E-state index contributed by atoms with van der Waals surface area (Å²) >= 11 is 7.15. The van der Waals surface area contributed by atoms with E-state index in [2.05, 4.69) is 11.2 Å². The maximum atomic E-state index is 14.3. The summed E-state index contributed by atoms with van der Waals surface area (Å²) in [5, 5.41) is 2.24. The van der Waals surface area contributed by atoms with Crippen molar-refractivity contribution in [2.75, 3.05) is 18.1 Å². The van der Waals surface area contributed by atoms with Crippen LogP contribution in [0.1, 0.15) is 12.5 Å². The molecule has 0 spiro atoms. The van der Waals surface area contributed by atoms with Gasteiger partial charge in [-0.25, -0.2) is 9.29 Å². The Kier molecular flexibility index (Phi) is 7.25. The molecule has 9 heteroatoms. The lowest BCUT2D eigenvalue weighted by molar-refractivity contribution is -0.122. The summed E-state index contributed by atoms with van der Waals surface area (Å²) in [6.45, 7) is 2.25. The van der Waals surface area contributed by atoms with Crippen molar-refractivity contribution in [3.63, 3.8) is 0 Å². The number of hydrogen-bond donors (Lipinski definition) is 1. The minimum atomic E-state index is -0.737. The fourth-order valence-corrected chi connectivity index (χ4v) is 3.92. The summed E-state index contributed by atoms with van der Waals surface area (Å²) in [7, 11) is 0. The standard InChI is InChI=1S/C22H16FIN2O4S/c1-3-9-30-19-16(24)11-13(12-18(19)29-4-2)10-14-20(27)25-22(31)26(21(14)28)17-8-6-5-7-15(17)23/h1,5-8,10-12H,4,9H2,2H3,(H,25,27,31)/b14-10+. The molecule has 1 heterocycles.